The Kier molecular flexibility index (Phi) is 3.41. The molecule has 18 heavy (non-hydrogen) atoms. The molecular weight excluding hydrogens is 230 g/mol. The fourth-order valence-corrected chi connectivity index (χ4v) is 2.30. The largest absolute Gasteiger partial charge is 0.368 e. The van der Waals surface area contributed by atoms with E-state index in [9.17, 15) is 4.79 Å². The van der Waals surface area contributed by atoms with E-state index in [2.05, 4.69) is 4.98 Å². The van der Waals surface area contributed by atoms with Gasteiger partial charge >= 0.3 is 0 Å². The first-order valence-electron chi connectivity index (χ1n) is 6.17. The normalized spacial score (nSPS) is 18.9. The molecule has 1 unspecified atom stereocenters. The van der Waals surface area contributed by atoms with Gasteiger partial charge in [-0.15, -0.1) is 0 Å². The highest BCUT2D eigenvalue weighted by Gasteiger charge is 2.47. The van der Waals surface area contributed by atoms with E-state index in [-0.39, 0.29) is 5.92 Å². The van der Waals surface area contributed by atoms with E-state index in [1.165, 1.54) is 0 Å². The van der Waals surface area contributed by atoms with Crippen LogP contribution in [0.5, 0.6) is 0 Å². The maximum absolute atomic E-state index is 11.6. The average molecular weight is 251 g/mol. The summed E-state index contributed by atoms with van der Waals surface area (Å²) in [5, 5.41) is 0. The van der Waals surface area contributed by atoms with Crippen LogP contribution in [0.2, 0.25) is 0 Å². The van der Waals surface area contributed by atoms with E-state index in [0.29, 0.717) is 13.1 Å². The summed E-state index contributed by atoms with van der Waals surface area (Å²) in [6.07, 6.45) is 5.65. The number of likely N-dealkylation sites (N-methyl/N-ethyl adjacent to an activating group) is 1. The van der Waals surface area contributed by atoms with Crippen LogP contribution in [0.4, 0.5) is 0 Å². The van der Waals surface area contributed by atoms with E-state index >= 15 is 0 Å². The monoisotopic (exact) mass is 251 g/mol. The SMILES string of the molecule is CN(Cc1nccn1C)CC(N)(C(N)=O)C1CC1. The van der Waals surface area contributed by atoms with Crippen molar-refractivity contribution in [2.75, 3.05) is 13.6 Å². The molecule has 0 spiro atoms. The summed E-state index contributed by atoms with van der Waals surface area (Å²) in [6, 6.07) is 0. The number of hydrogen-bond acceptors (Lipinski definition) is 4. The van der Waals surface area contributed by atoms with Gasteiger partial charge in [-0.05, 0) is 25.8 Å². The summed E-state index contributed by atoms with van der Waals surface area (Å²) in [5.74, 6) is 0.774. The van der Waals surface area contributed by atoms with Gasteiger partial charge in [-0.25, -0.2) is 4.98 Å². The van der Waals surface area contributed by atoms with Crippen molar-refractivity contribution in [3.63, 3.8) is 0 Å². The molecule has 1 aromatic heterocycles. The molecule has 100 valence electrons. The lowest BCUT2D eigenvalue weighted by atomic mass is 9.93. The van der Waals surface area contributed by atoms with Gasteiger partial charge in [0.15, 0.2) is 0 Å². The number of primary amides is 1. The van der Waals surface area contributed by atoms with Gasteiger partial charge in [-0.3, -0.25) is 9.69 Å². The molecule has 4 N–H and O–H groups in total. The summed E-state index contributed by atoms with van der Waals surface area (Å²) in [4.78, 5) is 17.8. The van der Waals surface area contributed by atoms with Gasteiger partial charge < -0.3 is 16.0 Å². The van der Waals surface area contributed by atoms with Gasteiger partial charge in [0.05, 0.1) is 6.54 Å². The number of carbonyl (C=O) groups excluding carboxylic acids is 1. The van der Waals surface area contributed by atoms with Gasteiger partial charge in [0, 0.05) is 26.0 Å². The maximum atomic E-state index is 11.6. The molecular formula is C12H21N5O. The zero-order valence-electron chi connectivity index (χ0n) is 11.0. The summed E-state index contributed by atoms with van der Waals surface area (Å²) in [6.45, 7) is 1.13. The van der Waals surface area contributed by atoms with E-state index < -0.39 is 11.4 Å². The zero-order valence-corrected chi connectivity index (χ0v) is 11.0. The third-order valence-electron chi connectivity index (χ3n) is 3.63. The molecule has 1 heterocycles. The first-order valence-corrected chi connectivity index (χ1v) is 6.17. The zero-order chi connectivity index (χ0) is 13.3. The molecule has 0 bridgehead atoms. The van der Waals surface area contributed by atoms with Crippen LogP contribution in [0.3, 0.4) is 0 Å². The number of rotatable bonds is 6. The number of nitrogens with zero attached hydrogens (tertiary/aromatic N) is 3. The molecule has 1 saturated carbocycles. The standard InChI is InChI=1S/C12H21N5O/c1-16(7-10-15-5-6-17(10)2)8-12(14,11(13)18)9-3-4-9/h5-6,9H,3-4,7-8,14H2,1-2H3,(H2,13,18). The fourth-order valence-electron chi connectivity index (χ4n) is 2.30. The number of carbonyl (C=O) groups is 1. The van der Waals surface area contributed by atoms with E-state index in [1.807, 2.05) is 29.8 Å². The smallest absolute Gasteiger partial charge is 0.239 e. The second kappa shape index (κ2) is 4.70. The van der Waals surface area contributed by atoms with Crippen molar-refractivity contribution < 1.29 is 4.79 Å². The molecule has 6 nitrogen and oxygen atoms in total. The van der Waals surface area contributed by atoms with Gasteiger partial charge in [0.25, 0.3) is 0 Å². The molecule has 0 saturated heterocycles. The van der Waals surface area contributed by atoms with Gasteiger partial charge in [0.1, 0.15) is 11.4 Å². The second-order valence-electron chi connectivity index (χ2n) is 5.31. The summed E-state index contributed by atoms with van der Waals surface area (Å²) in [7, 11) is 3.88. The van der Waals surface area contributed by atoms with Crippen molar-refractivity contribution in [1.82, 2.24) is 14.5 Å². The highest BCUT2D eigenvalue weighted by molar-refractivity contribution is 5.85. The Bertz CT molecular complexity index is 439. The molecule has 0 radical (unpaired) electrons. The van der Waals surface area contributed by atoms with E-state index in [4.69, 9.17) is 11.5 Å². The van der Waals surface area contributed by atoms with Crippen LogP contribution in [0, 0.1) is 5.92 Å². The number of nitrogens with two attached hydrogens (primary N) is 2. The minimum atomic E-state index is -0.903. The van der Waals surface area contributed by atoms with Crippen molar-refractivity contribution >= 4 is 5.91 Å². The molecule has 6 heteroatoms. The Labute approximate surface area is 107 Å². The fraction of sp³-hybridized carbons (Fsp3) is 0.667. The van der Waals surface area contributed by atoms with Gasteiger partial charge in [-0.1, -0.05) is 0 Å². The third kappa shape index (κ3) is 2.54. The molecule has 0 aliphatic heterocycles. The minimum Gasteiger partial charge on any atom is -0.368 e. The highest BCUT2D eigenvalue weighted by Crippen LogP contribution is 2.38. The van der Waals surface area contributed by atoms with E-state index in [0.717, 1.165) is 18.7 Å². The summed E-state index contributed by atoms with van der Waals surface area (Å²) >= 11 is 0. The van der Waals surface area contributed by atoms with Crippen LogP contribution < -0.4 is 11.5 Å². The van der Waals surface area contributed by atoms with Crippen molar-refractivity contribution in [3.8, 4) is 0 Å². The lowest BCUT2D eigenvalue weighted by Gasteiger charge is -2.30. The van der Waals surface area contributed by atoms with Crippen molar-refractivity contribution in [1.29, 1.82) is 0 Å². The predicted molar refractivity (Wildman–Crippen MR) is 68.4 cm³/mol. The van der Waals surface area contributed by atoms with Crippen LogP contribution in [-0.4, -0.2) is 39.5 Å². The van der Waals surface area contributed by atoms with Crippen molar-refractivity contribution in [2.24, 2.45) is 24.4 Å². The molecule has 1 atom stereocenters. The summed E-state index contributed by atoms with van der Waals surface area (Å²) in [5.41, 5.74) is 10.7. The van der Waals surface area contributed by atoms with Crippen LogP contribution >= 0.6 is 0 Å². The lowest BCUT2D eigenvalue weighted by molar-refractivity contribution is -0.124. The number of imidazole rings is 1. The van der Waals surface area contributed by atoms with Gasteiger partial charge in [-0.2, -0.15) is 0 Å². The van der Waals surface area contributed by atoms with Crippen LogP contribution in [-0.2, 0) is 18.4 Å². The molecule has 1 aliphatic carbocycles. The molecule has 0 aromatic carbocycles. The Morgan fingerprint density at radius 3 is 2.78 bits per heavy atom. The molecule has 2 rings (SSSR count). The molecule has 1 aromatic rings. The number of amides is 1. The number of hydrogen-bond donors (Lipinski definition) is 2. The van der Waals surface area contributed by atoms with Gasteiger partial charge in [0.2, 0.25) is 5.91 Å². The highest BCUT2D eigenvalue weighted by atomic mass is 16.1. The first-order chi connectivity index (χ1) is 8.43. The summed E-state index contributed by atoms with van der Waals surface area (Å²) < 4.78 is 1.95. The van der Waals surface area contributed by atoms with Crippen LogP contribution in [0.15, 0.2) is 12.4 Å². The van der Waals surface area contributed by atoms with Crippen LogP contribution in [0.1, 0.15) is 18.7 Å². The molecule has 1 fully saturated rings. The Morgan fingerprint density at radius 2 is 2.33 bits per heavy atom. The minimum absolute atomic E-state index is 0.235. The van der Waals surface area contributed by atoms with E-state index in [1.54, 1.807) is 6.20 Å². The predicted octanol–water partition coefficient (Wildman–Crippen LogP) is -0.555. The second-order valence-corrected chi connectivity index (χ2v) is 5.31. The average Bonchev–Trinajstić information content (AvgIpc) is 3.06. The van der Waals surface area contributed by atoms with Crippen molar-refractivity contribution in [3.05, 3.63) is 18.2 Å². The Balaban J connectivity index is 1.99. The quantitative estimate of drug-likeness (QED) is 0.709. The Morgan fingerprint density at radius 1 is 1.67 bits per heavy atom. The molecule has 1 aliphatic rings. The lowest BCUT2D eigenvalue weighted by Crippen LogP contribution is -2.60. The first kappa shape index (κ1) is 13.0. The number of aryl methyl sites for hydroxylation is 1. The molecule has 1 amide bonds. The maximum Gasteiger partial charge on any atom is 0.239 e. The number of aromatic nitrogens is 2. The third-order valence-corrected chi connectivity index (χ3v) is 3.63. The van der Waals surface area contributed by atoms with Crippen molar-refractivity contribution in [2.45, 2.75) is 24.9 Å². The topological polar surface area (TPSA) is 90.2 Å². The Hall–Kier alpha value is -1.40. The van der Waals surface area contributed by atoms with Crippen LogP contribution in [0.25, 0.3) is 0 Å².